The molecule has 3 rings (SSSR count). The van der Waals surface area contributed by atoms with E-state index in [0.717, 1.165) is 11.4 Å². The zero-order chi connectivity index (χ0) is 20.4. The second-order valence-electron chi connectivity index (χ2n) is 9.03. The first kappa shape index (κ1) is 20.6. The van der Waals surface area contributed by atoms with Gasteiger partial charge in [0.05, 0.1) is 24.5 Å². The van der Waals surface area contributed by atoms with Crippen LogP contribution in [0.2, 0.25) is 0 Å². The lowest BCUT2D eigenvalue weighted by atomic mass is 9.91. The summed E-state index contributed by atoms with van der Waals surface area (Å²) in [5.41, 5.74) is 1.86. The second-order valence-corrected chi connectivity index (χ2v) is 9.03. The average molecular weight is 386 g/mol. The summed E-state index contributed by atoms with van der Waals surface area (Å²) in [6, 6.07) is 11.9. The number of aromatic nitrogens is 2. The number of hydrogen-bond donors (Lipinski definition) is 0. The summed E-state index contributed by atoms with van der Waals surface area (Å²) in [4.78, 5) is 15.0. The maximum atomic E-state index is 13.1. The minimum atomic E-state index is -0.602. The van der Waals surface area contributed by atoms with Gasteiger partial charge in [0.2, 0.25) is 5.91 Å². The maximum absolute atomic E-state index is 13.1. The number of rotatable bonds is 6. The number of ether oxygens (including phenoxy) is 2. The second kappa shape index (κ2) is 8.05. The SMILES string of the molecule is CC(C)(C)CC(=O)N(Cc1ccnn1-c1ccccc1)C[C@@H]1COC(C)(C)O1. The van der Waals surface area contributed by atoms with Crippen LogP contribution in [0, 0.1) is 5.41 Å². The molecule has 0 spiro atoms. The first-order chi connectivity index (χ1) is 13.1. The minimum absolute atomic E-state index is 0.0820. The Balaban J connectivity index is 1.80. The van der Waals surface area contributed by atoms with Crippen molar-refractivity contribution in [2.24, 2.45) is 5.41 Å². The Labute approximate surface area is 167 Å². The van der Waals surface area contributed by atoms with Crippen molar-refractivity contribution in [2.75, 3.05) is 13.2 Å². The summed E-state index contributed by atoms with van der Waals surface area (Å²) >= 11 is 0. The largest absolute Gasteiger partial charge is 0.348 e. The van der Waals surface area contributed by atoms with Crippen molar-refractivity contribution in [3.05, 3.63) is 48.3 Å². The van der Waals surface area contributed by atoms with Gasteiger partial charge in [-0.25, -0.2) is 4.68 Å². The van der Waals surface area contributed by atoms with Gasteiger partial charge in [0.25, 0.3) is 0 Å². The number of hydrogen-bond acceptors (Lipinski definition) is 4. The highest BCUT2D eigenvalue weighted by Gasteiger charge is 2.35. The Kier molecular flexibility index (Phi) is 5.91. The smallest absolute Gasteiger partial charge is 0.223 e. The van der Waals surface area contributed by atoms with E-state index in [4.69, 9.17) is 9.47 Å². The van der Waals surface area contributed by atoms with Crippen LogP contribution in [0.4, 0.5) is 0 Å². The monoisotopic (exact) mass is 385 g/mol. The lowest BCUT2D eigenvalue weighted by Gasteiger charge is -2.29. The number of para-hydroxylation sites is 1. The maximum Gasteiger partial charge on any atom is 0.223 e. The molecule has 0 aliphatic carbocycles. The molecule has 28 heavy (non-hydrogen) atoms. The predicted octanol–water partition coefficient (Wildman–Crippen LogP) is 3.79. The third kappa shape index (κ3) is 5.42. The van der Waals surface area contributed by atoms with E-state index in [0.29, 0.717) is 26.1 Å². The third-order valence-corrected chi connectivity index (χ3v) is 4.60. The molecule has 1 saturated heterocycles. The lowest BCUT2D eigenvalue weighted by molar-refractivity contribution is -0.147. The summed E-state index contributed by atoms with van der Waals surface area (Å²) in [5, 5.41) is 4.45. The zero-order valence-corrected chi connectivity index (χ0v) is 17.5. The molecular weight excluding hydrogens is 354 g/mol. The molecule has 1 amide bonds. The Hall–Kier alpha value is -2.18. The van der Waals surface area contributed by atoms with Gasteiger partial charge in [-0.1, -0.05) is 39.0 Å². The molecule has 0 unspecified atom stereocenters. The molecule has 1 aromatic heterocycles. The summed E-state index contributed by atoms with van der Waals surface area (Å²) in [6.07, 6.45) is 2.11. The van der Waals surface area contributed by atoms with Crippen LogP contribution in [0.5, 0.6) is 0 Å². The van der Waals surface area contributed by atoms with Crippen molar-refractivity contribution in [3.63, 3.8) is 0 Å². The van der Waals surface area contributed by atoms with Crippen LogP contribution in [-0.2, 0) is 20.8 Å². The van der Waals surface area contributed by atoms with E-state index in [1.54, 1.807) is 6.20 Å². The van der Waals surface area contributed by atoms with Gasteiger partial charge in [-0.3, -0.25) is 4.79 Å². The molecule has 1 aliphatic heterocycles. The van der Waals surface area contributed by atoms with E-state index < -0.39 is 5.79 Å². The van der Waals surface area contributed by atoms with Gasteiger partial charge < -0.3 is 14.4 Å². The number of carbonyl (C=O) groups excluding carboxylic acids is 1. The first-order valence-electron chi connectivity index (χ1n) is 9.81. The minimum Gasteiger partial charge on any atom is -0.348 e. The van der Waals surface area contributed by atoms with Crippen LogP contribution in [0.15, 0.2) is 42.6 Å². The van der Waals surface area contributed by atoms with Crippen molar-refractivity contribution in [3.8, 4) is 5.69 Å². The van der Waals surface area contributed by atoms with Crippen LogP contribution in [0.1, 0.15) is 46.7 Å². The van der Waals surface area contributed by atoms with Crippen LogP contribution in [0.3, 0.4) is 0 Å². The molecule has 1 atom stereocenters. The summed E-state index contributed by atoms with van der Waals surface area (Å²) < 4.78 is 13.5. The van der Waals surface area contributed by atoms with E-state index in [1.807, 2.05) is 59.8 Å². The Morgan fingerprint density at radius 1 is 1.25 bits per heavy atom. The van der Waals surface area contributed by atoms with E-state index in [-0.39, 0.29) is 17.4 Å². The van der Waals surface area contributed by atoms with Crippen molar-refractivity contribution in [2.45, 2.75) is 59.5 Å². The van der Waals surface area contributed by atoms with E-state index in [9.17, 15) is 4.79 Å². The lowest BCUT2D eigenvalue weighted by Crippen LogP contribution is -2.40. The standard InChI is InChI=1S/C22H31N3O3/c1-21(2,3)13-20(26)24(15-19-16-27-22(4,5)28-19)14-18-11-12-23-25(18)17-9-7-6-8-10-17/h6-12,19H,13-16H2,1-5H3/t19-/m1/s1. The fourth-order valence-electron chi connectivity index (χ4n) is 3.37. The predicted molar refractivity (Wildman–Crippen MR) is 108 cm³/mol. The van der Waals surface area contributed by atoms with Gasteiger partial charge in [-0.05, 0) is 37.5 Å². The van der Waals surface area contributed by atoms with Gasteiger partial charge >= 0.3 is 0 Å². The van der Waals surface area contributed by atoms with Gasteiger partial charge in [-0.15, -0.1) is 0 Å². The fourth-order valence-corrected chi connectivity index (χ4v) is 3.37. The van der Waals surface area contributed by atoms with Gasteiger partial charge in [0, 0.05) is 19.2 Å². The van der Waals surface area contributed by atoms with E-state index in [1.165, 1.54) is 0 Å². The highest BCUT2D eigenvalue weighted by atomic mass is 16.7. The van der Waals surface area contributed by atoms with Crippen molar-refractivity contribution in [1.82, 2.24) is 14.7 Å². The molecule has 0 bridgehead atoms. The Morgan fingerprint density at radius 2 is 1.96 bits per heavy atom. The molecule has 6 nitrogen and oxygen atoms in total. The Morgan fingerprint density at radius 3 is 2.57 bits per heavy atom. The number of nitrogens with zero attached hydrogens (tertiary/aromatic N) is 3. The first-order valence-corrected chi connectivity index (χ1v) is 9.81. The van der Waals surface area contributed by atoms with Crippen LogP contribution >= 0.6 is 0 Å². The van der Waals surface area contributed by atoms with E-state index >= 15 is 0 Å². The van der Waals surface area contributed by atoms with Crippen LogP contribution in [-0.4, -0.2) is 45.6 Å². The third-order valence-electron chi connectivity index (χ3n) is 4.60. The number of benzene rings is 1. The van der Waals surface area contributed by atoms with Crippen LogP contribution in [0.25, 0.3) is 5.69 Å². The molecule has 2 aromatic rings. The van der Waals surface area contributed by atoms with Crippen molar-refractivity contribution < 1.29 is 14.3 Å². The molecule has 0 radical (unpaired) electrons. The normalized spacial score (nSPS) is 19.0. The summed E-state index contributed by atoms with van der Waals surface area (Å²) in [7, 11) is 0. The highest BCUT2D eigenvalue weighted by molar-refractivity contribution is 5.76. The van der Waals surface area contributed by atoms with E-state index in [2.05, 4.69) is 25.9 Å². The van der Waals surface area contributed by atoms with Gasteiger partial charge in [-0.2, -0.15) is 5.10 Å². The van der Waals surface area contributed by atoms with Crippen molar-refractivity contribution >= 4 is 5.91 Å². The molecule has 6 heteroatoms. The molecule has 2 heterocycles. The number of carbonyl (C=O) groups is 1. The highest BCUT2D eigenvalue weighted by Crippen LogP contribution is 2.25. The molecular formula is C22H31N3O3. The molecule has 0 N–H and O–H groups in total. The van der Waals surface area contributed by atoms with Gasteiger partial charge in [0.1, 0.15) is 6.10 Å². The topological polar surface area (TPSA) is 56.6 Å². The quantitative estimate of drug-likeness (QED) is 0.759. The molecule has 1 aliphatic rings. The average Bonchev–Trinajstić information content (AvgIpc) is 3.19. The van der Waals surface area contributed by atoms with Crippen LogP contribution < -0.4 is 0 Å². The zero-order valence-electron chi connectivity index (χ0n) is 17.5. The molecule has 0 saturated carbocycles. The summed E-state index contributed by atoms with van der Waals surface area (Å²) in [6.45, 7) is 11.5. The summed E-state index contributed by atoms with van der Waals surface area (Å²) in [5.74, 6) is -0.489. The molecule has 1 fully saturated rings. The fraction of sp³-hybridized carbons (Fsp3) is 0.545. The van der Waals surface area contributed by atoms with Crippen molar-refractivity contribution in [1.29, 1.82) is 0 Å². The number of amides is 1. The Bertz CT molecular complexity index is 793. The van der Waals surface area contributed by atoms with Gasteiger partial charge in [0.15, 0.2) is 5.79 Å². The molecule has 152 valence electrons. The molecule has 1 aromatic carbocycles.